The number of carbonyl (C=O) groups excluding carboxylic acids is 2. The number of nitrogens with one attached hydrogen (secondary N) is 1. The number of carboxylic acid groups (broad SMARTS) is 1. The van der Waals surface area contributed by atoms with Gasteiger partial charge in [-0.3, -0.25) is 9.59 Å². The minimum atomic E-state index is -1.31. The van der Waals surface area contributed by atoms with Crippen LogP contribution in [0, 0.1) is 0 Å². The van der Waals surface area contributed by atoms with E-state index in [4.69, 9.17) is 15.6 Å². The molecule has 1 rings (SSSR count). The monoisotopic (exact) mass is 294 g/mol. The summed E-state index contributed by atoms with van der Waals surface area (Å²) in [5.41, 5.74) is 5.64. The van der Waals surface area contributed by atoms with E-state index in [2.05, 4.69) is 5.32 Å². The minimum Gasteiger partial charge on any atom is -0.494 e. The van der Waals surface area contributed by atoms with Crippen molar-refractivity contribution in [1.82, 2.24) is 5.32 Å². The van der Waals surface area contributed by atoms with Gasteiger partial charge in [0.1, 0.15) is 11.8 Å². The summed E-state index contributed by atoms with van der Waals surface area (Å²) >= 11 is 0. The van der Waals surface area contributed by atoms with Gasteiger partial charge in [-0.2, -0.15) is 0 Å². The Morgan fingerprint density at radius 2 is 1.90 bits per heavy atom. The fourth-order valence-corrected chi connectivity index (χ4v) is 1.70. The number of nitrogens with two attached hydrogens (primary N) is 1. The molecule has 0 heterocycles. The molecule has 0 unspecified atom stereocenters. The zero-order chi connectivity index (χ0) is 15.8. The fourth-order valence-electron chi connectivity index (χ4n) is 1.70. The van der Waals surface area contributed by atoms with Gasteiger partial charge in [-0.05, 0) is 24.6 Å². The third kappa shape index (κ3) is 5.94. The van der Waals surface area contributed by atoms with Crippen molar-refractivity contribution >= 4 is 17.8 Å². The van der Waals surface area contributed by atoms with Crippen LogP contribution in [0.5, 0.6) is 5.75 Å². The second kappa shape index (κ2) is 7.88. The van der Waals surface area contributed by atoms with Crippen LogP contribution < -0.4 is 15.8 Å². The number of carboxylic acids is 1. The molecule has 1 aromatic rings. The summed E-state index contributed by atoms with van der Waals surface area (Å²) in [6.07, 6.45) is -0.431. The van der Waals surface area contributed by atoms with Crippen molar-refractivity contribution in [1.29, 1.82) is 0 Å². The molecule has 1 aromatic carbocycles. The van der Waals surface area contributed by atoms with Gasteiger partial charge in [0.25, 0.3) is 0 Å². The molecule has 0 saturated heterocycles. The molecule has 0 aliphatic carbocycles. The largest absolute Gasteiger partial charge is 0.494 e. The second-order valence-corrected chi connectivity index (χ2v) is 4.38. The lowest BCUT2D eigenvalue weighted by Gasteiger charge is -2.13. The number of benzene rings is 1. The van der Waals surface area contributed by atoms with Crippen LogP contribution in [0.4, 0.5) is 0 Å². The lowest BCUT2D eigenvalue weighted by molar-refractivity contribution is -0.143. The third-order valence-electron chi connectivity index (χ3n) is 2.64. The molecule has 7 nitrogen and oxygen atoms in total. The van der Waals surface area contributed by atoms with E-state index >= 15 is 0 Å². The van der Waals surface area contributed by atoms with Gasteiger partial charge in [0.15, 0.2) is 0 Å². The predicted octanol–water partition coefficient (Wildman–Crippen LogP) is 0.0726. The van der Waals surface area contributed by atoms with Crippen LogP contribution in [-0.2, 0) is 20.8 Å². The lowest BCUT2D eigenvalue weighted by Crippen LogP contribution is -2.43. The summed E-state index contributed by atoms with van der Waals surface area (Å²) in [5, 5.41) is 11.2. The molecule has 0 aliphatic heterocycles. The fraction of sp³-hybridized carbons (Fsp3) is 0.357. The summed E-state index contributed by atoms with van der Waals surface area (Å²) < 4.78 is 5.28. The normalized spacial score (nSPS) is 11.5. The molecule has 21 heavy (non-hydrogen) atoms. The molecule has 1 atom stereocenters. The molecule has 0 saturated carbocycles. The molecule has 4 N–H and O–H groups in total. The Labute approximate surface area is 122 Å². The Balaban J connectivity index is 2.59. The Morgan fingerprint density at radius 1 is 1.29 bits per heavy atom. The van der Waals surface area contributed by atoms with Crippen molar-refractivity contribution in [3.63, 3.8) is 0 Å². The molecule has 0 bridgehead atoms. The standard InChI is InChI=1S/C14H18N2O5/c1-2-21-10-5-3-9(4-6-10)7-13(18)16-11(14(19)20)8-12(15)17/h3-6,11H,2,7-8H2,1H3,(H2,15,17)(H,16,18)(H,19,20)/t11-/m1/s1. The van der Waals surface area contributed by atoms with Crippen molar-refractivity contribution in [2.24, 2.45) is 5.73 Å². The number of ether oxygens (including phenoxy) is 1. The van der Waals surface area contributed by atoms with E-state index in [0.717, 1.165) is 0 Å². The number of aliphatic carboxylic acids is 1. The molecule has 0 aliphatic rings. The van der Waals surface area contributed by atoms with Crippen LogP contribution in [0.25, 0.3) is 0 Å². The Morgan fingerprint density at radius 3 is 2.38 bits per heavy atom. The first-order valence-electron chi connectivity index (χ1n) is 6.44. The highest BCUT2D eigenvalue weighted by Crippen LogP contribution is 2.12. The number of hydrogen-bond donors (Lipinski definition) is 3. The average molecular weight is 294 g/mol. The predicted molar refractivity (Wildman–Crippen MR) is 74.7 cm³/mol. The van der Waals surface area contributed by atoms with Crippen LogP contribution in [-0.4, -0.2) is 35.5 Å². The van der Waals surface area contributed by atoms with E-state index in [0.29, 0.717) is 17.9 Å². The van der Waals surface area contributed by atoms with E-state index in [9.17, 15) is 14.4 Å². The van der Waals surface area contributed by atoms with Crippen molar-refractivity contribution < 1.29 is 24.2 Å². The SMILES string of the molecule is CCOc1ccc(CC(=O)N[C@H](CC(N)=O)C(=O)O)cc1. The molecule has 0 aromatic heterocycles. The van der Waals surface area contributed by atoms with Gasteiger partial charge in [0.2, 0.25) is 11.8 Å². The highest BCUT2D eigenvalue weighted by atomic mass is 16.5. The zero-order valence-electron chi connectivity index (χ0n) is 11.7. The Hall–Kier alpha value is -2.57. The molecule has 114 valence electrons. The molecule has 7 heteroatoms. The molecule has 0 radical (unpaired) electrons. The van der Waals surface area contributed by atoms with Gasteiger partial charge < -0.3 is 20.9 Å². The van der Waals surface area contributed by atoms with Crippen LogP contribution in [0.2, 0.25) is 0 Å². The lowest BCUT2D eigenvalue weighted by atomic mass is 10.1. The van der Waals surface area contributed by atoms with E-state index in [1.807, 2.05) is 6.92 Å². The summed E-state index contributed by atoms with van der Waals surface area (Å²) in [5.74, 6) is -1.88. The molecular weight excluding hydrogens is 276 g/mol. The van der Waals surface area contributed by atoms with Crippen molar-refractivity contribution in [3.8, 4) is 5.75 Å². The topological polar surface area (TPSA) is 119 Å². The second-order valence-electron chi connectivity index (χ2n) is 4.38. The maximum absolute atomic E-state index is 11.8. The van der Waals surface area contributed by atoms with Crippen LogP contribution in [0.15, 0.2) is 24.3 Å². The summed E-state index contributed by atoms with van der Waals surface area (Å²) in [6, 6.07) is 5.58. The number of amides is 2. The Kier molecular flexibility index (Phi) is 6.19. The third-order valence-corrected chi connectivity index (χ3v) is 2.64. The van der Waals surface area contributed by atoms with Crippen molar-refractivity contribution in [2.45, 2.75) is 25.8 Å². The summed E-state index contributed by atoms with van der Waals surface area (Å²) in [6.45, 7) is 2.42. The number of hydrogen-bond acceptors (Lipinski definition) is 4. The van der Waals surface area contributed by atoms with Crippen molar-refractivity contribution in [2.75, 3.05) is 6.61 Å². The zero-order valence-corrected chi connectivity index (χ0v) is 11.7. The van der Waals surface area contributed by atoms with Crippen LogP contribution in [0.3, 0.4) is 0 Å². The first-order chi connectivity index (χ1) is 9.92. The average Bonchev–Trinajstić information content (AvgIpc) is 2.40. The number of carbonyl (C=O) groups is 3. The molecule has 0 fully saturated rings. The summed E-state index contributed by atoms with van der Waals surface area (Å²) in [4.78, 5) is 33.4. The maximum Gasteiger partial charge on any atom is 0.326 e. The Bertz CT molecular complexity index is 513. The van der Waals surface area contributed by atoms with E-state index in [-0.39, 0.29) is 6.42 Å². The quantitative estimate of drug-likeness (QED) is 0.627. The molecule has 0 spiro atoms. The minimum absolute atomic E-state index is 0.00888. The van der Waals surface area contributed by atoms with Crippen molar-refractivity contribution in [3.05, 3.63) is 29.8 Å². The van der Waals surface area contributed by atoms with E-state index in [1.54, 1.807) is 24.3 Å². The molecular formula is C14H18N2O5. The van der Waals surface area contributed by atoms with Gasteiger partial charge in [0, 0.05) is 0 Å². The maximum atomic E-state index is 11.8. The van der Waals surface area contributed by atoms with Crippen LogP contribution in [0.1, 0.15) is 18.9 Å². The van der Waals surface area contributed by atoms with Gasteiger partial charge >= 0.3 is 5.97 Å². The number of primary amides is 1. The first-order valence-corrected chi connectivity index (χ1v) is 6.44. The number of rotatable bonds is 8. The van der Waals surface area contributed by atoms with Gasteiger partial charge in [-0.1, -0.05) is 12.1 Å². The molecule has 2 amide bonds. The van der Waals surface area contributed by atoms with Gasteiger partial charge in [-0.25, -0.2) is 4.79 Å². The highest BCUT2D eigenvalue weighted by molar-refractivity contribution is 5.88. The smallest absolute Gasteiger partial charge is 0.326 e. The van der Waals surface area contributed by atoms with Gasteiger partial charge in [0.05, 0.1) is 19.4 Å². The van der Waals surface area contributed by atoms with E-state index in [1.165, 1.54) is 0 Å². The van der Waals surface area contributed by atoms with E-state index < -0.39 is 30.2 Å². The first kappa shape index (κ1) is 16.5. The van der Waals surface area contributed by atoms with Gasteiger partial charge in [-0.15, -0.1) is 0 Å². The highest BCUT2D eigenvalue weighted by Gasteiger charge is 2.21. The summed E-state index contributed by atoms with van der Waals surface area (Å²) in [7, 11) is 0. The van der Waals surface area contributed by atoms with Crippen LogP contribution >= 0.6 is 0 Å².